The number of nitrogens with one attached hydrogen (secondary N) is 1. The van der Waals surface area contributed by atoms with E-state index in [4.69, 9.17) is 11.6 Å². The summed E-state index contributed by atoms with van der Waals surface area (Å²) in [5.74, 6) is -0.432. The molecule has 7 heteroatoms. The zero-order chi connectivity index (χ0) is 15.1. The SMILES string of the molecule is CC1(C)CN(C(c2ccccc2Cl)C(F)(F)F)NC1=O. The molecule has 110 valence electrons. The third kappa shape index (κ3) is 2.76. The molecular weight excluding hydrogens is 293 g/mol. The van der Waals surface area contributed by atoms with Crippen molar-refractivity contribution in [3.63, 3.8) is 0 Å². The summed E-state index contributed by atoms with van der Waals surface area (Å²) < 4.78 is 40.1. The molecule has 0 radical (unpaired) electrons. The highest BCUT2D eigenvalue weighted by Crippen LogP contribution is 2.42. The smallest absolute Gasteiger partial charge is 0.287 e. The molecule has 0 spiro atoms. The fourth-order valence-corrected chi connectivity index (χ4v) is 2.43. The predicted molar refractivity (Wildman–Crippen MR) is 68.9 cm³/mol. The van der Waals surface area contributed by atoms with Gasteiger partial charge in [-0.2, -0.15) is 13.2 Å². The Bertz CT molecular complexity index is 531. The van der Waals surface area contributed by atoms with Crippen LogP contribution in [-0.4, -0.2) is 23.6 Å². The van der Waals surface area contributed by atoms with Crippen molar-refractivity contribution in [2.75, 3.05) is 6.54 Å². The molecule has 2 rings (SSSR count). The first-order chi connectivity index (χ1) is 9.13. The molecule has 1 fully saturated rings. The number of hydrogen-bond acceptors (Lipinski definition) is 2. The maximum absolute atomic E-state index is 13.4. The van der Waals surface area contributed by atoms with Gasteiger partial charge in [-0.05, 0) is 25.5 Å². The minimum atomic E-state index is -4.54. The molecule has 1 saturated heterocycles. The van der Waals surface area contributed by atoms with Gasteiger partial charge >= 0.3 is 6.18 Å². The second kappa shape index (κ2) is 4.93. The lowest BCUT2D eigenvalue weighted by Gasteiger charge is -2.30. The summed E-state index contributed by atoms with van der Waals surface area (Å²) in [7, 11) is 0. The highest BCUT2D eigenvalue weighted by molar-refractivity contribution is 6.31. The lowest BCUT2D eigenvalue weighted by Crippen LogP contribution is -2.43. The topological polar surface area (TPSA) is 32.3 Å². The number of rotatable bonds is 2. The molecular formula is C13H14ClF3N2O. The molecule has 3 nitrogen and oxygen atoms in total. The maximum atomic E-state index is 13.4. The Hall–Kier alpha value is -1.27. The molecule has 0 aliphatic carbocycles. The van der Waals surface area contributed by atoms with Gasteiger partial charge < -0.3 is 0 Å². The van der Waals surface area contributed by atoms with Crippen LogP contribution in [0.15, 0.2) is 24.3 Å². The summed E-state index contributed by atoms with van der Waals surface area (Å²) in [4.78, 5) is 11.7. The zero-order valence-corrected chi connectivity index (χ0v) is 11.7. The van der Waals surface area contributed by atoms with Crippen molar-refractivity contribution >= 4 is 17.5 Å². The van der Waals surface area contributed by atoms with Crippen LogP contribution in [0.3, 0.4) is 0 Å². The third-order valence-corrected chi connectivity index (χ3v) is 3.59. The molecule has 1 aliphatic heterocycles. The Labute approximate surface area is 119 Å². The van der Waals surface area contributed by atoms with Crippen molar-refractivity contribution in [3.05, 3.63) is 34.9 Å². The van der Waals surface area contributed by atoms with Crippen molar-refractivity contribution in [2.45, 2.75) is 26.1 Å². The summed E-state index contributed by atoms with van der Waals surface area (Å²) in [6, 6.07) is 3.81. The Morgan fingerprint density at radius 2 is 1.95 bits per heavy atom. The summed E-state index contributed by atoms with van der Waals surface area (Å²) in [5, 5.41) is 0.928. The van der Waals surface area contributed by atoms with Crippen molar-refractivity contribution in [2.24, 2.45) is 5.41 Å². The van der Waals surface area contributed by atoms with Crippen LogP contribution < -0.4 is 5.43 Å². The van der Waals surface area contributed by atoms with E-state index in [1.165, 1.54) is 18.2 Å². The number of benzene rings is 1. The van der Waals surface area contributed by atoms with Gasteiger partial charge in [0, 0.05) is 11.6 Å². The van der Waals surface area contributed by atoms with E-state index in [0.717, 1.165) is 5.01 Å². The fourth-order valence-electron chi connectivity index (χ4n) is 2.19. The highest BCUT2D eigenvalue weighted by atomic mass is 35.5. The van der Waals surface area contributed by atoms with Crippen LogP contribution in [-0.2, 0) is 4.79 Å². The minimum absolute atomic E-state index is 0.0220. The average Bonchev–Trinajstić information content (AvgIpc) is 2.54. The summed E-state index contributed by atoms with van der Waals surface area (Å²) in [6.45, 7) is 3.16. The second-order valence-electron chi connectivity index (χ2n) is 5.42. The summed E-state index contributed by atoms with van der Waals surface area (Å²) >= 11 is 5.87. The Balaban J connectivity index is 2.41. The molecule has 1 atom stereocenters. The molecule has 1 amide bonds. The van der Waals surface area contributed by atoms with Gasteiger partial charge in [0.25, 0.3) is 0 Å². The summed E-state index contributed by atoms with van der Waals surface area (Å²) in [5.41, 5.74) is 1.35. The number of nitrogens with zero attached hydrogens (tertiary/aromatic N) is 1. The van der Waals surface area contributed by atoms with Gasteiger partial charge in [-0.25, -0.2) is 5.01 Å². The first kappa shape index (κ1) is 15.1. The van der Waals surface area contributed by atoms with E-state index in [1.807, 2.05) is 0 Å². The molecule has 1 aliphatic rings. The fraction of sp³-hybridized carbons (Fsp3) is 0.462. The van der Waals surface area contributed by atoms with Crippen molar-refractivity contribution in [1.29, 1.82) is 0 Å². The zero-order valence-electron chi connectivity index (χ0n) is 11.0. The van der Waals surface area contributed by atoms with Crippen molar-refractivity contribution < 1.29 is 18.0 Å². The van der Waals surface area contributed by atoms with E-state index in [2.05, 4.69) is 5.43 Å². The monoisotopic (exact) mass is 306 g/mol. The van der Waals surface area contributed by atoms with Crippen molar-refractivity contribution in [3.8, 4) is 0 Å². The molecule has 1 aromatic carbocycles. The van der Waals surface area contributed by atoms with E-state index in [-0.39, 0.29) is 17.1 Å². The van der Waals surface area contributed by atoms with Gasteiger partial charge in [0.1, 0.15) is 0 Å². The lowest BCUT2D eigenvalue weighted by atomic mass is 9.93. The first-order valence-electron chi connectivity index (χ1n) is 6.02. The highest BCUT2D eigenvalue weighted by Gasteiger charge is 2.51. The Kier molecular flexibility index (Phi) is 3.73. The molecule has 1 aromatic rings. The summed E-state index contributed by atoms with van der Waals surface area (Å²) in [6.07, 6.45) is -4.54. The van der Waals surface area contributed by atoms with E-state index in [9.17, 15) is 18.0 Å². The van der Waals surface area contributed by atoms with E-state index in [1.54, 1.807) is 19.9 Å². The first-order valence-corrected chi connectivity index (χ1v) is 6.39. The van der Waals surface area contributed by atoms with Crippen LogP contribution in [0.25, 0.3) is 0 Å². The largest absolute Gasteiger partial charge is 0.409 e. The van der Waals surface area contributed by atoms with Gasteiger partial charge in [-0.3, -0.25) is 10.2 Å². The van der Waals surface area contributed by atoms with Gasteiger partial charge in [0.05, 0.1) is 5.41 Å². The van der Waals surface area contributed by atoms with E-state index in [0.29, 0.717) is 0 Å². The molecule has 1 heterocycles. The predicted octanol–water partition coefficient (Wildman–Crippen LogP) is 3.32. The van der Waals surface area contributed by atoms with Gasteiger partial charge in [-0.1, -0.05) is 29.8 Å². The standard InChI is InChI=1S/C13H14ClF3N2O/c1-12(2)7-19(18-11(12)20)10(13(15,16)17)8-5-3-4-6-9(8)14/h3-6,10H,7H2,1-2H3,(H,18,20). The second-order valence-corrected chi connectivity index (χ2v) is 5.83. The number of hydrogen-bond donors (Lipinski definition) is 1. The van der Waals surface area contributed by atoms with Crippen LogP contribution in [0.1, 0.15) is 25.5 Å². The number of halogens is 4. The number of amides is 1. The Morgan fingerprint density at radius 3 is 2.40 bits per heavy atom. The van der Waals surface area contributed by atoms with Crippen LogP contribution in [0.4, 0.5) is 13.2 Å². The van der Waals surface area contributed by atoms with Crippen LogP contribution in [0.2, 0.25) is 5.02 Å². The molecule has 0 aromatic heterocycles. The third-order valence-electron chi connectivity index (χ3n) is 3.25. The molecule has 1 unspecified atom stereocenters. The average molecular weight is 307 g/mol. The minimum Gasteiger partial charge on any atom is -0.287 e. The van der Waals surface area contributed by atoms with Gasteiger partial charge in [-0.15, -0.1) is 0 Å². The van der Waals surface area contributed by atoms with E-state index < -0.39 is 23.5 Å². The van der Waals surface area contributed by atoms with Gasteiger partial charge in [0.2, 0.25) is 5.91 Å². The molecule has 0 saturated carbocycles. The van der Waals surface area contributed by atoms with Crippen molar-refractivity contribution in [1.82, 2.24) is 10.4 Å². The maximum Gasteiger partial charge on any atom is 0.409 e. The van der Waals surface area contributed by atoms with Crippen LogP contribution in [0, 0.1) is 5.41 Å². The van der Waals surface area contributed by atoms with Crippen LogP contribution >= 0.6 is 11.6 Å². The lowest BCUT2D eigenvalue weighted by molar-refractivity contribution is -0.191. The quantitative estimate of drug-likeness (QED) is 0.909. The number of alkyl halides is 3. The van der Waals surface area contributed by atoms with E-state index >= 15 is 0 Å². The number of hydrazine groups is 1. The Morgan fingerprint density at radius 1 is 1.35 bits per heavy atom. The number of carbonyl (C=O) groups is 1. The van der Waals surface area contributed by atoms with Gasteiger partial charge in [0.15, 0.2) is 6.04 Å². The molecule has 1 N–H and O–H groups in total. The van der Waals surface area contributed by atoms with Crippen LogP contribution in [0.5, 0.6) is 0 Å². The number of carbonyl (C=O) groups excluding carboxylic acids is 1. The molecule has 20 heavy (non-hydrogen) atoms. The molecule has 0 bridgehead atoms. The normalized spacial score (nSPS) is 20.8.